The van der Waals surface area contributed by atoms with Crippen LogP contribution >= 0.6 is 0 Å². The van der Waals surface area contributed by atoms with Crippen LogP contribution in [0.4, 0.5) is 5.95 Å². The summed E-state index contributed by atoms with van der Waals surface area (Å²) in [7, 11) is 0. The van der Waals surface area contributed by atoms with Crippen LogP contribution in [0.3, 0.4) is 0 Å². The topological polar surface area (TPSA) is 66.9 Å². The van der Waals surface area contributed by atoms with Crippen LogP contribution in [-0.2, 0) is 6.54 Å². The molecule has 0 atom stereocenters. The maximum Gasteiger partial charge on any atom is 0.252 e. The van der Waals surface area contributed by atoms with Gasteiger partial charge in [0.05, 0.1) is 5.69 Å². The number of nitrogens with one attached hydrogen (secondary N) is 2. The van der Waals surface area contributed by atoms with Gasteiger partial charge < -0.3 is 10.6 Å². The van der Waals surface area contributed by atoms with E-state index in [1.54, 1.807) is 0 Å². The van der Waals surface area contributed by atoms with E-state index >= 15 is 0 Å². The number of hydrogen-bond acceptors (Lipinski definition) is 4. The fourth-order valence-electron chi connectivity index (χ4n) is 4.39. The fourth-order valence-corrected chi connectivity index (χ4v) is 4.39. The van der Waals surface area contributed by atoms with Gasteiger partial charge in [-0.05, 0) is 18.9 Å². The van der Waals surface area contributed by atoms with Crippen molar-refractivity contribution in [2.24, 2.45) is 0 Å². The predicted molar refractivity (Wildman–Crippen MR) is 125 cm³/mol. The zero-order chi connectivity index (χ0) is 21.3. The van der Waals surface area contributed by atoms with Crippen LogP contribution in [0.5, 0.6) is 0 Å². The van der Waals surface area contributed by atoms with Gasteiger partial charge in [-0.15, -0.1) is 0 Å². The van der Waals surface area contributed by atoms with Crippen LogP contribution in [-0.4, -0.2) is 21.9 Å². The van der Waals surface area contributed by atoms with Crippen LogP contribution in [0.2, 0.25) is 0 Å². The summed E-state index contributed by atoms with van der Waals surface area (Å²) >= 11 is 0. The number of aromatic nitrogens is 2. The minimum atomic E-state index is -0.0892. The van der Waals surface area contributed by atoms with Crippen molar-refractivity contribution in [1.29, 1.82) is 0 Å². The standard InChI is InChI=1S/C26H32N4O/c31-25-23-17-13-9-5-4-8-12-16-22(23)24-20(18-27-25)19-28-26(30-24)29-21-14-10-6-2-1-3-7-11-15-21/h4-5,8-9,12-13,16-17,19,21H,1-3,6-7,10-11,14-15,18H2,(H,27,31)(H,28,29,30). The summed E-state index contributed by atoms with van der Waals surface area (Å²) in [6, 6.07) is 15.9. The quantitative estimate of drug-likeness (QED) is 0.648. The number of amides is 1. The lowest BCUT2D eigenvalue weighted by atomic mass is 9.97. The third-order valence-electron chi connectivity index (χ3n) is 6.11. The zero-order valence-corrected chi connectivity index (χ0v) is 18.1. The molecular formula is C26H32N4O. The average molecular weight is 417 g/mol. The third-order valence-corrected chi connectivity index (χ3v) is 6.11. The number of rotatable bonds is 2. The van der Waals surface area contributed by atoms with Gasteiger partial charge in [0, 0.05) is 35.5 Å². The van der Waals surface area contributed by atoms with Crippen molar-refractivity contribution in [2.45, 2.75) is 70.4 Å². The molecule has 1 saturated carbocycles. The Hall–Kier alpha value is -2.95. The molecule has 2 aliphatic rings. The highest BCUT2D eigenvalue weighted by Gasteiger charge is 2.21. The lowest BCUT2D eigenvalue weighted by Gasteiger charge is -2.20. The number of carbonyl (C=O) groups excluding carboxylic acids is 1. The average Bonchev–Trinajstić information content (AvgIpc) is 2.92. The first-order valence-electron chi connectivity index (χ1n) is 11.6. The fraction of sp³-hybridized carbons (Fsp3) is 0.423. The van der Waals surface area contributed by atoms with Crippen LogP contribution in [0, 0.1) is 0 Å². The molecule has 31 heavy (non-hydrogen) atoms. The van der Waals surface area contributed by atoms with E-state index in [1.165, 1.54) is 44.9 Å². The molecule has 1 aromatic heterocycles. The molecule has 0 bridgehead atoms. The van der Waals surface area contributed by atoms with Gasteiger partial charge in [-0.25, -0.2) is 9.97 Å². The molecule has 1 aliphatic heterocycles. The Morgan fingerprint density at radius 2 is 1.42 bits per heavy atom. The molecule has 0 unspecified atom stereocenters. The van der Waals surface area contributed by atoms with Gasteiger partial charge in [0.25, 0.3) is 5.91 Å². The van der Waals surface area contributed by atoms with E-state index in [1.807, 2.05) is 54.7 Å². The first-order chi connectivity index (χ1) is 15.3. The van der Waals surface area contributed by atoms with Crippen molar-refractivity contribution in [1.82, 2.24) is 15.3 Å². The number of hydrogen-bond donors (Lipinski definition) is 2. The molecule has 5 heteroatoms. The molecule has 2 N–H and O–H groups in total. The molecule has 2 aromatic rings. The number of nitrogens with zero attached hydrogens (tertiary/aromatic N) is 2. The van der Waals surface area contributed by atoms with Gasteiger partial charge in [-0.3, -0.25) is 4.79 Å². The van der Waals surface area contributed by atoms with Gasteiger partial charge in [0.15, 0.2) is 0 Å². The van der Waals surface area contributed by atoms with Crippen molar-refractivity contribution >= 4 is 11.9 Å². The molecule has 5 nitrogen and oxygen atoms in total. The van der Waals surface area contributed by atoms with Crippen molar-refractivity contribution in [3.63, 3.8) is 0 Å². The summed E-state index contributed by atoms with van der Waals surface area (Å²) in [5.74, 6) is 0.570. The van der Waals surface area contributed by atoms with Gasteiger partial charge in [-0.2, -0.15) is 0 Å². The van der Waals surface area contributed by atoms with E-state index in [2.05, 4.69) is 15.6 Å². The number of carbonyl (C=O) groups is 1. The Bertz CT molecular complexity index is 947. The van der Waals surface area contributed by atoms with E-state index in [4.69, 9.17) is 4.98 Å². The van der Waals surface area contributed by atoms with E-state index in [-0.39, 0.29) is 5.91 Å². The summed E-state index contributed by atoms with van der Waals surface area (Å²) < 4.78 is 0. The normalized spacial score (nSPS) is 17.2. The van der Waals surface area contributed by atoms with Crippen LogP contribution in [0.25, 0.3) is 11.3 Å². The Balaban J connectivity index is 1.67. The van der Waals surface area contributed by atoms with Crippen molar-refractivity contribution in [3.8, 4) is 11.3 Å². The van der Waals surface area contributed by atoms with Crippen LogP contribution < -0.4 is 10.6 Å². The maximum atomic E-state index is 12.8. The zero-order valence-electron chi connectivity index (χ0n) is 18.1. The smallest absolute Gasteiger partial charge is 0.252 e. The van der Waals surface area contributed by atoms with E-state index in [9.17, 15) is 4.79 Å². The van der Waals surface area contributed by atoms with Gasteiger partial charge in [-0.1, -0.05) is 87.4 Å². The van der Waals surface area contributed by atoms with E-state index in [0.717, 1.165) is 29.7 Å². The largest absolute Gasteiger partial charge is 0.351 e. The van der Waals surface area contributed by atoms with Crippen LogP contribution in [0.15, 0.2) is 54.7 Å². The number of fused-ring (bicyclic) bond motifs is 3. The number of anilines is 1. The second-order valence-electron chi connectivity index (χ2n) is 8.46. The molecule has 0 saturated heterocycles. The first-order valence-corrected chi connectivity index (χ1v) is 11.6. The van der Waals surface area contributed by atoms with Gasteiger partial charge in [0.1, 0.15) is 0 Å². The first kappa shape index (κ1) is 21.3. The maximum absolute atomic E-state index is 12.8. The molecular weight excluding hydrogens is 384 g/mol. The highest BCUT2D eigenvalue weighted by Crippen LogP contribution is 2.28. The van der Waals surface area contributed by atoms with Gasteiger partial charge in [0.2, 0.25) is 5.95 Å². The third kappa shape index (κ3) is 5.81. The highest BCUT2D eigenvalue weighted by molar-refractivity contribution is 6.01. The molecule has 0 spiro atoms. The monoisotopic (exact) mass is 416 g/mol. The van der Waals surface area contributed by atoms with E-state index < -0.39 is 0 Å². The SMILES string of the molecule is O=C1NCc2cnc(NC3CCCCCCCCC3)nc2-c2ccccccccc21. The van der Waals surface area contributed by atoms with E-state index in [0.29, 0.717) is 24.1 Å². The minimum absolute atomic E-state index is 0.0892. The molecule has 162 valence electrons. The van der Waals surface area contributed by atoms with Crippen molar-refractivity contribution in [2.75, 3.05) is 5.32 Å². The van der Waals surface area contributed by atoms with Crippen molar-refractivity contribution in [3.05, 3.63) is 65.9 Å². The Morgan fingerprint density at radius 3 is 2.13 bits per heavy atom. The molecule has 0 radical (unpaired) electrons. The molecule has 1 aliphatic carbocycles. The van der Waals surface area contributed by atoms with Gasteiger partial charge >= 0.3 is 0 Å². The lowest BCUT2D eigenvalue weighted by Crippen LogP contribution is -2.22. The second-order valence-corrected chi connectivity index (χ2v) is 8.46. The summed E-state index contributed by atoms with van der Waals surface area (Å²) in [5, 5.41) is 6.60. The molecule has 1 fully saturated rings. The molecule has 1 aromatic carbocycles. The van der Waals surface area contributed by atoms with Crippen LogP contribution in [0.1, 0.15) is 73.7 Å². The Kier molecular flexibility index (Phi) is 7.48. The molecule has 2 heterocycles. The Labute approximate surface area is 185 Å². The minimum Gasteiger partial charge on any atom is -0.351 e. The summed E-state index contributed by atoms with van der Waals surface area (Å²) in [4.78, 5) is 22.3. The Morgan fingerprint density at radius 1 is 0.806 bits per heavy atom. The predicted octanol–water partition coefficient (Wildman–Crippen LogP) is 5.82. The molecule has 1 amide bonds. The summed E-state index contributed by atoms with van der Waals surface area (Å²) in [6.07, 6.45) is 13.4. The molecule has 4 rings (SSSR count). The summed E-state index contributed by atoms with van der Waals surface area (Å²) in [6.45, 7) is 0.429. The summed E-state index contributed by atoms with van der Waals surface area (Å²) in [5.41, 5.74) is 3.21. The second kappa shape index (κ2) is 10.9. The highest BCUT2D eigenvalue weighted by atomic mass is 16.1. The van der Waals surface area contributed by atoms with Crippen molar-refractivity contribution < 1.29 is 4.79 Å². The lowest BCUT2D eigenvalue weighted by molar-refractivity contribution is 0.0953.